The highest BCUT2D eigenvalue weighted by molar-refractivity contribution is 9.10. The van der Waals surface area contributed by atoms with Crippen LogP contribution in [0.3, 0.4) is 0 Å². The van der Waals surface area contributed by atoms with Gasteiger partial charge in [-0.3, -0.25) is 5.43 Å². The zero-order valence-electron chi connectivity index (χ0n) is 19.8. The number of nitrogens with one attached hydrogen (secondary N) is 1. The van der Waals surface area contributed by atoms with Gasteiger partial charge >= 0.3 is 0 Å². The third kappa shape index (κ3) is 6.57. The summed E-state index contributed by atoms with van der Waals surface area (Å²) in [6, 6.07) is 12.0. The van der Waals surface area contributed by atoms with Gasteiger partial charge in [-0.15, -0.1) is 0 Å². The lowest BCUT2D eigenvalue weighted by Gasteiger charge is -2.17. The van der Waals surface area contributed by atoms with Gasteiger partial charge in [0.05, 0.1) is 17.3 Å². The van der Waals surface area contributed by atoms with E-state index in [1.54, 1.807) is 24.4 Å². The molecule has 0 bridgehead atoms. The number of nitrogens with zero attached hydrogens (tertiary/aromatic N) is 5. The van der Waals surface area contributed by atoms with E-state index >= 15 is 0 Å². The van der Waals surface area contributed by atoms with E-state index in [9.17, 15) is 4.39 Å². The number of hydrogen-bond donors (Lipinski definition) is 1. The predicted molar refractivity (Wildman–Crippen MR) is 138 cm³/mol. The Kier molecular flexibility index (Phi) is 8.64. The zero-order valence-corrected chi connectivity index (χ0v) is 21.4. The van der Waals surface area contributed by atoms with Crippen molar-refractivity contribution in [1.29, 1.82) is 0 Å². The van der Waals surface area contributed by atoms with E-state index in [1.807, 2.05) is 63.1 Å². The number of benzene rings is 2. The second kappa shape index (κ2) is 11.6. The Bertz CT molecular complexity index is 1130. The first-order valence-electron chi connectivity index (χ1n) is 10.6. The second-order valence-corrected chi connectivity index (χ2v) is 8.57. The molecule has 0 aliphatic heterocycles. The number of anilines is 3. The van der Waals surface area contributed by atoms with E-state index in [4.69, 9.17) is 9.47 Å². The molecular weight excluding hydrogens is 503 g/mol. The molecular formula is C24H28BrFN6O2. The Morgan fingerprint density at radius 1 is 1.06 bits per heavy atom. The van der Waals surface area contributed by atoms with Gasteiger partial charge in [-0.05, 0) is 46.6 Å². The number of hydrazone groups is 1. The summed E-state index contributed by atoms with van der Waals surface area (Å²) in [4.78, 5) is 12.7. The Balaban J connectivity index is 1.79. The Labute approximate surface area is 207 Å². The van der Waals surface area contributed by atoms with Crippen molar-refractivity contribution in [2.45, 2.75) is 13.5 Å². The Hall–Kier alpha value is -3.40. The molecule has 34 heavy (non-hydrogen) atoms. The minimum absolute atomic E-state index is 0.0798. The van der Waals surface area contributed by atoms with E-state index in [2.05, 4.69) is 36.4 Å². The molecule has 0 saturated heterocycles. The number of rotatable bonds is 10. The van der Waals surface area contributed by atoms with Crippen LogP contribution >= 0.6 is 15.9 Å². The SMILES string of the molecule is CCOc1cc(/C=N\Nc2cc(N(C)C)nc(N(C)C)n2)cc(Br)c1OCc1ccccc1F. The monoisotopic (exact) mass is 530 g/mol. The van der Waals surface area contributed by atoms with Crippen LogP contribution in [0.2, 0.25) is 0 Å². The van der Waals surface area contributed by atoms with Gasteiger partial charge in [0.25, 0.3) is 0 Å². The molecule has 3 rings (SSSR count). The molecule has 1 heterocycles. The lowest BCUT2D eigenvalue weighted by Crippen LogP contribution is -2.17. The first-order chi connectivity index (χ1) is 16.3. The predicted octanol–water partition coefficient (Wildman–Crippen LogP) is 4.93. The molecule has 0 spiro atoms. The molecule has 180 valence electrons. The normalized spacial score (nSPS) is 10.9. The summed E-state index contributed by atoms with van der Waals surface area (Å²) in [5.74, 6) is 2.60. The van der Waals surface area contributed by atoms with Crippen LogP contribution in [0.1, 0.15) is 18.1 Å². The highest BCUT2D eigenvalue weighted by Crippen LogP contribution is 2.37. The number of hydrogen-bond acceptors (Lipinski definition) is 8. The molecule has 0 atom stereocenters. The van der Waals surface area contributed by atoms with E-state index in [0.717, 1.165) is 11.4 Å². The van der Waals surface area contributed by atoms with Crippen LogP contribution in [-0.2, 0) is 6.61 Å². The summed E-state index contributed by atoms with van der Waals surface area (Å²) in [7, 11) is 7.59. The van der Waals surface area contributed by atoms with Gasteiger partial charge in [-0.1, -0.05) is 18.2 Å². The fraction of sp³-hybridized carbons (Fsp3) is 0.292. The molecule has 0 aliphatic rings. The minimum Gasteiger partial charge on any atom is -0.490 e. The topological polar surface area (TPSA) is 75.1 Å². The second-order valence-electron chi connectivity index (χ2n) is 7.71. The van der Waals surface area contributed by atoms with Crippen LogP contribution in [0.25, 0.3) is 0 Å². The van der Waals surface area contributed by atoms with Gasteiger partial charge in [-0.2, -0.15) is 15.1 Å². The first kappa shape index (κ1) is 25.2. The fourth-order valence-corrected chi connectivity index (χ4v) is 3.49. The van der Waals surface area contributed by atoms with Crippen LogP contribution in [-0.4, -0.2) is 51.0 Å². The quantitative estimate of drug-likeness (QED) is 0.294. The molecule has 0 saturated carbocycles. The van der Waals surface area contributed by atoms with Gasteiger partial charge in [0.1, 0.15) is 18.2 Å². The lowest BCUT2D eigenvalue weighted by molar-refractivity contribution is 0.264. The Morgan fingerprint density at radius 3 is 2.50 bits per heavy atom. The highest BCUT2D eigenvalue weighted by atomic mass is 79.9. The van der Waals surface area contributed by atoms with Crippen molar-refractivity contribution in [1.82, 2.24) is 9.97 Å². The number of halogens is 2. The van der Waals surface area contributed by atoms with Crippen LogP contribution in [0.5, 0.6) is 11.5 Å². The smallest absolute Gasteiger partial charge is 0.228 e. The van der Waals surface area contributed by atoms with Gasteiger partial charge in [0, 0.05) is 39.8 Å². The van der Waals surface area contributed by atoms with Crippen LogP contribution in [0.4, 0.5) is 22.0 Å². The summed E-state index contributed by atoms with van der Waals surface area (Å²) in [6.45, 7) is 2.41. The third-order valence-electron chi connectivity index (χ3n) is 4.61. The van der Waals surface area contributed by atoms with Gasteiger partial charge in [0.2, 0.25) is 5.95 Å². The largest absolute Gasteiger partial charge is 0.490 e. The third-order valence-corrected chi connectivity index (χ3v) is 5.20. The summed E-state index contributed by atoms with van der Waals surface area (Å²) >= 11 is 3.54. The van der Waals surface area contributed by atoms with Crippen molar-refractivity contribution in [2.75, 3.05) is 50.0 Å². The standard InChI is InChI=1S/C24H28BrFN6O2/c1-6-33-20-12-16(11-18(25)23(20)34-15-17-9-7-8-10-19(17)26)14-27-30-21-13-22(31(2)3)29-24(28-21)32(4)5/h7-14H,6,15H2,1-5H3,(H,28,29,30)/b27-14-. The molecule has 10 heteroatoms. The molecule has 1 aromatic heterocycles. The van der Waals surface area contributed by atoms with Crippen LogP contribution in [0.15, 0.2) is 52.0 Å². The number of aromatic nitrogens is 2. The van der Waals surface area contributed by atoms with E-state index < -0.39 is 0 Å². The summed E-state index contributed by atoms with van der Waals surface area (Å²) in [6.07, 6.45) is 1.65. The number of ether oxygens (including phenoxy) is 2. The summed E-state index contributed by atoms with van der Waals surface area (Å²) in [5, 5.41) is 4.32. The van der Waals surface area contributed by atoms with Crippen LogP contribution < -0.4 is 24.7 Å². The summed E-state index contributed by atoms with van der Waals surface area (Å²) in [5.41, 5.74) is 4.20. The molecule has 0 aliphatic carbocycles. The maximum absolute atomic E-state index is 14.0. The van der Waals surface area contributed by atoms with Gasteiger partial charge < -0.3 is 19.3 Å². The molecule has 3 aromatic rings. The Morgan fingerprint density at radius 2 is 1.82 bits per heavy atom. The maximum Gasteiger partial charge on any atom is 0.228 e. The van der Waals surface area contributed by atoms with Gasteiger partial charge in [0.15, 0.2) is 17.3 Å². The van der Waals surface area contributed by atoms with Crippen molar-refractivity contribution >= 4 is 39.7 Å². The molecule has 2 aromatic carbocycles. The maximum atomic E-state index is 14.0. The average molecular weight is 531 g/mol. The lowest BCUT2D eigenvalue weighted by atomic mass is 10.2. The molecule has 0 unspecified atom stereocenters. The van der Waals surface area contributed by atoms with Crippen molar-refractivity contribution in [2.24, 2.45) is 5.10 Å². The molecule has 1 N–H and O–H groups in total. The molecule has 0 fully saturated rings. The van der Waals surface area contributed by atoms with E-state index in [0.29, 0.717) is 39.9 Å². The van der Waals surface area contributed by atoms with Crippen molar-refractivity contribution in [3.63, 3.8) is 0 Å². The minimum atomic E-state index is -0.314. The van der Waals surface area contributed by atoms with E-state index in [-0.39, 0.29) is 12.4 Å². The van der Waals surface area contributed by atoms with Crippen molar-refractivity contribution in [3.8, 4) is 11.5 Å². The van der Waals surface area contributed by atoms with E-state index in [1.165, 1.54) is 6.07 Å². The molecule has 0 amide bonds. The van der Waals surface area contributed by atoms with Crippen molar-refractivity contribution < 1.29 is 13.9 Å². The average Bonchev–Trinajstić information content (AvgIpc) is 2.79. The molecule has 8 nitrogen and oxygen atoms in total. The molecule has 0 radical (unpaired) electrons. The first-order valence-corrected chi connectivity index (χ1v) is 11.4. The fourth-order valence-electron chi connectivity index (χ4n) is 2.91. The van der Waals surface area contributed by atoms with Crippen molar-refractivity contribution in [3.05, 3.63) is 63.9 Å². The highest BCUT2D eigenvalue weighted by Gasteiger charge is 2.13. The van der Waals surface area contributed by atoms with Gasteiger partial charge in [-0.25, -0.2) is 4.39 Å². The summed E-state index contributed by atoms with van der Waals surface area (Å²) < 4.78 is 26.3. The zero-order chi connectivity index (χ0) is 24.7. The van der Waals surface area contributed by atoms with Crippen LogP contribution in [0, 0.1) is 5.82 Å².